The van der Waals surface area contributed by atoms with Crippen LogP contribution in [0, 0.1) is 5.92 Å². The van der Waals surface area contributed by atoms with Gasteiger partial charge < -0.3 is 5.32 Å². The van der Waals surface area contributed by atoms with Gasteiger partial charge >= 0.3 is 0 Å². The SMILES string of the molecule is [B]c1cnn2c(NCC3CCCN(Cc4ccc(Cl)cc4Cl)C3)cc(-c3ccccc3Cl)nc12. The lowest BCUT2D eigenvalue weighted by atomic mass is 9.97. The van der Waals surface area contributed by atoms with Gasteiger partial charge in [0, 0.05) is 52.5 Å². The molecule has 5 rings (SSSR count). The van der Waals surface area contributed by atoms with E-state index >= 15 is 0 Å². The molecule has 4 aromatic rings. The molecule has 1 aliphatic heterocycles. The Morgan fingerprint density at radius 1 is 1.06 bits per heavy atom. The lowest BCUT2D eigenvalue weighted by Gasteiger charge is -2.33. The highest BCUT2D eigenvalue weighted by Gasteiger charge is 2.21. The highest BCUT2D eigenvalue weighted by Crippen LogP contribution is 2.29. The van der Waals surface area contributed by atoms with Crippen molar-refractivity contribution in [1.29, 1.82) is 0 Å². The maximum atomic E-state index is 6.44. The number of hydrogen-bond acceptors (Lipinski definition) is 4. The zero-order chi connectivity index (χ0) is 23.7. The van der Waals surface area contributed by atoms with Crippen LogP contribution in [-0.4, -0.2) is 47.0 Å². The van der Waals surface area contributed by atoms with E-state index in [1.165, 1.54) is 0 Å². The summed E-state index contributed by atoms with van der Waals surface area (Å²) in [6, 6.07) is 15.4. The van der Waals surface area contributed by atoms with Gasteiger partial charge in [-0.3, -0.25) is 4.90 Å². The van der Waals surface area contributed by atoms with E-state index in [1.54, 1.807) is 10.7 Å². The highest BCUT2D eigenvalue weighted by molar-refractivity contribution is 6.36. The van der Waals surface area contributed by atoms with E-state index in [9.17, 15) is 0 Å². The average Bonchev–Trinajstić information content (AvgIpc) is 3.21. The number of aromatic nitrogens is 3. The van der Waals surface area contributed by atoms with Gasteiger partial charge in [-0.25, -0.2) is 4.98 Å². The zero-order valence-corrected chi connectivity index (χ0v) is 20.8. The number of piperidine rings is 1. The number of benzene rings is 2. The third kappa shape index (κ3) is 5.06. The van der Waals surface area contributed by atoms with Crippen LogP contribution in [0.3, 0.4) is 0 Å². The quantitative estimate of drug-likeness (QED) is 0.349. The maximum absolute atomic E-state index is 6.44. The predicted octanol–water partition coefficient (Wildman–Crippen LogP) is 5.47. The first-order chi connectivity index (χ1) is 16.5. The van der Waals surface area contributed by atoms with Gasteiger partial charge in [-0.2, -0.15) is 9.61 Å². The fourth-order valence-corrected chi connectivity index (χ4v) is 5.21. The van der Waals surface area contributed by atoms with Gasteiger partial charge in [-0.1, -0.05) is 59.1 Å². The summed E-state index contributed by atoms with van der Waals surface area (Å²) in [6.07, 6.45) is 3.93. The van der Waals surface area contributed by atoms with Crippen LogP contribution in [0.5, 0.6) is 0 Å². The Balaban J connectivity index is 1.33. The molecule has 3 heterocycles. The van der Waals surface area contributed by atoms with Gasteiger partial charge in [-0.05, 0) is 54.5 Å². The molecule has 2 aromatic carbocycles. The van der Waals surface area contributed by atoms with Gasteiger partial charge in [0.25, 0.3) is 0 Å². The molecular formula is C25H23BCl3N5. The van der Waals surface area contributed by atoms with E-state index in [0.717, 1.165) is 66.7 Å². The monoisotopic (exact) mass is 509 g/mol. The van der Waals surface area contributed by atoms with Crippen molar-refractivity contribution < 1.29 is 0 Å². The first-order valence-corrected chi connectivity index (χ1v) is 12.4. The first kappa shape index (κ1) is 23.5. The summed E-state index contributed by atoms with van der Waals surface area (Å²) >= 11 is 18.9. The number of fused-ring (bicyclic) bond motifs is 1. The van der Waals surface area contributed by atoms with Crippen molar-refractivity contribution in [2.75, 3.05) is 25.0 Å². The number of likely N-dealkylation sites (tertiary alicyclic amines) is 1. The Hall–Kier alpha value is -2.25. The number of anilines is 1. The Morgan fingerprint density at radius 2 is 1.91 bits per heavy atom. The van der Waals surface area contributed by atoms with Crippen LogP contribution >= 0.6 is 34.8 Å². The Labute approximate surface area is 215 Å². The van der Waals surface area contributed by atoms with Crippen LogP contribution in [0.1, 0.15) is 18.4 Å². The molecule has 0 spiro atoms. The number of nitrogens with one attached hydrogen (secondary N) is 1. The molecule has 0 saturated carbocycles. The Morgan fingerprint density at radius 3 is 2.74 bits per heavy atom. The molecule has 172 valence electrons. The molecule has 1 N–H and O–H groups in total. The van der Waals surface area contributed by atoms with E-state index in [0.29, 0.717) is 27.1 Å². The van der Waals surface area contributed by atoms with Crippen molar-refractivity contribution in [2.24, 2.45) is 5.92 Å². The number of halogens is 3. The van der Waals surface area contributed by atoms with Crippen molar-refractivity contribution in [1.82, 2.24) is 19.5 Å². The minimum absolute atomic E-state index is 0.486. The fourth-order valence-electron chi connectivity index (χ4n) is 4.51. The molecular weight excluding hydrogens is 487 g/mol. The lowest BCUT2D eigenvalue weighted by molar-refractivity contribution is 0.173. The molecule has 34 heavy (non-hydrogen) atoms. The molecule has 1 atom stereocenters. The summed E-state index contributed by atoms with van der Waals surface area (Å²) in [7, 11) is 6.15. The van der Waals surface area contributed by atoms with Gasteiger partial charge in [0.2, 0.25) is 0 Å². The van der Waals surface area contributed by atoms with Crippen LogP contribution in [0.25, 0.3) is 16.9 Å². The van der Waals surface area contributed by atoms with Crippen LogP contribution < -0.4 is 10.8 Å². The number of nitrogens with zero attached hydrogens (tertiary/aromatic N) is 4. The lowest BCUT2D eigenvalue weighted by Crippen LogP contribution is -2.37. The summed E-state index contributed by atoms with van der Waals surface area (Å²) in [5, 5.41) is 10.0. The van der Waals surface area contributed by atoms with Crippen molar-refractivity contribution >= 4 is 59.6 Å². The largest absolute Gasteiger partial charge is 0.370 e. The van der Waals surface area contributed by atoms with Gasteiger partial charge in [0.05, 0.1) is 5.69 Å². The standard InChI is InChI=1S/C25H23BCl3N5/c26-20-13-31-34-24(11-23(32-25(20)34)19-5-1-2-6-21(19)28)30-12-16-4-3-9-33(14-16)15-17-7-8-18(27)10-22(17)29/h1-2,5-8,10-11,13,16,30H,3-4,9,12,14-15H2. The highest BCUT2D eigenvalue weighted by atomic mass is 35.5. The molecule has 1 fully saturated rings. The first-order valence-electron chi connectivity index (χ1n) is 11.3. The second-order valence-electron chi connectivity index (χ2n) is 8.70. The van der Waals surface area contributed by atoms with Crippen LogP contribution in [0.4, 0.5) is 5.82 Å². The van der Waals surface area contributed by atoms with Crippen LogP contribution in [0.15, 0.2) is 54.7 Å². The molecule has 9 heteroatoms. The Bertz CT molecular complexity index is 1330. The molecule has 0 amide bonds. The van der Waals surface area contributed by atoms with E-state index in [-0.39, 0.29) is 0 Å². The van der Waals surface area contributed by atoms with Crippen molar-refractivity contribution in [3.63, 3.8) is 0 Å². The average molecular weight is 511 g/mol. The molecule has 2 aromatic heterocycles. The van der Waals surface area contributed by atoms with Crippen molar-refractivity contribution in [3.8, 4) is 11.3 Å². The van der Waals surface area contributed by atoms with Crippen LogP contribution in [0.2, 0.25) is 15.1 Å². The second-order valence-corrected chi connectivity index (χ2v) is 9.95. The summed E-state index contributed by atoms with van der Waals surface area (Å²) in [5.74, 6) is 1.33. The molecule has 1 unspecified atom stereocenters. The molecule has 1 aliphatic rings. The van der Waals surface area contributed by atoms with Gasteiger partial charge in [0.15, 0.2) is 5.65 Å². The topological polar surface area (TPSA) is 45.5 Å². The fraction of sp³-hybridized carbons (Fsp3) is 0.280. The molecule has 1 saturated heterocycles. The van der Waals surface area contributed by atoms with Gasteiger partial charge in [0.1, 0.15) is 13.7 Å². The van der Waals surface area contributed by atoms with Crippen LogP contribution in [-0.2, 0) is 6.54 Å². The zero-order valence-electron chi connectivity index (χ0n) is 18.5. The third-order valence-electron chi connectivity index (χ3n) is 6.23. The van der Waals surface area contributed by atoms with E-state index < -0.39 is 0 Å². The van der Waals surface area contributed by atoms with Crippen molar-refractivity contribution in [3.05, 3.63) is 75.4 Å². The summed E-state index contributed by atoms with van der Waals surface area (Å²) < 4.78 is 1.75. The smallest absolute Gasteiger partial charge is 0.150 e. The molecule has 0 aliphatic carbocycles. The van der Waals surface area contributed by atoms with E-state index in [1.807, 2.05) is 48.5 Å². The van der Waals surface area contributed by atoms with Crippen molar-refractivity contribution in [2.45, 2.75) is 19.4 Å². The summed E-state index contributed by atoms with van der Waals surface area (Å²) in [6.45, 7) is 3.67. The molecule has 5 nitrogen and oxygen atoms in total. The number of hydrogen-bond donors (Lipinski definition) is 1. The normalized spacial score (nSPS) is 16.7. The van der Waals surface area contributed by atoms with E-state index in [4.69, 9.17) is 47.6 Å². The summed E-state index contributed by atoms with van der Waals surface area (Å²) in [4.78, 5) is 7.17. The van der Waals surface area contributed by atoms with E-state index in [2.05, 4.69) is 15.3 Å². The number of rotatable bonds is 6. The molecule has 0 bridgehead atoms. The predicted molar refractivity (Wildman–Crippen MR) is 142 cm³/mol. The minimum Gasteiger partial charge on any atom is -0.370 e. The summed E-state index contributed by atoms with van der Waals surface area (Å²) in [5.41, 5.74) is 3.87. The van der Waals surface area contributed by atoms with Gasteiger partial charge in [-0.15, -0.1) is 0 Å². The minimum atomic E-state index is 0.486. The maximum Gasteiger partial charge on any atom is 0.150 e. The second kappa shape index (κ2) is 10.2. The molecule has 2 radical (unpaired) electrons. The Kier molecular flexibility index (Phi) is 7.02. The third-order valence-corrected chi connectivity index (χ3v) is 7.15.